The molecule has 0 spiro atoms. The smallest absolute Gasteiger partial charge is 0.321 e. The predicted molar refractivity (Wildman–Crippen MR) is 117 cm³/mol. The van der Waals surface area contributed by atoms with Crippen LogP contribution >= 0.6 is 23.1 Å². The number of hydrogen-bond acceptors (Lipinski definition) is 7. The van der Waals surface area contributed by atoms with E-state index in [4.69, 9.17) is 5.84 Å². The molecule has 0 radical (unpaired) electrons. The summed E-state index contributed by atoms with van der Waals surface area (Å²) in [5.41, 5.74) is 0.832. The summed E-state index contributed by atoms with van der Waals surface area (Å²) in [6, 6.07) is 8.94. The first-order valence-electron chi connectivity index (χ1n) is 8.75. The Labute approximate surface area is 175 Å². The lowest BCUT2D eigenvalue weighted by Gasteiger charge is -2.20. The van der Waals surface area contributed by atoms with Gasteiger partial charge in [-0.2, -0.15) is 0 Å². The summed E-state index contributed by atoms with van der Waals surface area (Å²) in [4.78, 5) is 41.6. The maximum Gasteiger partial charge on any atom is 0.321 e. The molecule has 3 amide bonds. The minimum atomic E-state index is -0.581. The SMILES string of the molecule is CC(C)(C)NC(=O)NC(=O)CSc1nc2scc(-c3ccccc3)c2c(=O)n1N. The van der Waals surface area contributed by atoms with Crippen LogP contribution in [0.3, 0.4) is 0 Å². The highest BCUT2D eigenvalue weighted by Crippen LogP contribution is 2.31. The first kappa shape index (κ1) is 20.9. The van der Waals surface area contributed by atoms with Crippen LogP contribution < -0.4 is 22.0 Å². The van der Waals surface area contributed by atoms with E-state index in [0.29, 0.717) is 10.2 Å². The number of nitrogens with two attached hydrogens (primary N) is 1. The lowest BCUT2D eigenvalue weighted by molar-refractivity contribution is -0.117. The van der Waals surface area contributed by atoms with Gasteiger partial charge in [0, 0.05) is 16.5 Å². The third-order valence-electron chi connectivity index (χ3n) is 3.77. The number of rotatable bonds is 4. The van der Waals surface area contributed by atoms with E-state index in [1.165, 1.54) is 11.3 Å². The Morgan fingerprint density at radius 2 is 1.93 bits per heavy atom. The molecule has 2 heterocycles. The Hall–Kier alpha value is -2.85. The number of thiophene rings is 1. The van der Waals surface area contributed by atoms with Crippen molar-refractivity contribution < 1.29 is 9.59 Å². The van der Waals surface area contributed by atoms with Crippen molar-refractivity contribution in [2.24, 2.45) is 0 Å². The van der Waals surface area contributed by atoms with E-state index in [-0.39, 0.29) is 16.5 Å². The molecule has 3 rings (SSSR count). The van der Waals surface area contributed by atoms with Crippen molar-refractivity contribution in [3.05, 3.63) is 46.1 Å². The number of carbonyl (C=O) groups is 2. The molecule has 8 nitrogen and oxygen atoms in total. The third-order valence-corrected chi connectivity index (χ3v) is 5.59. The Morgan fingerprint density at radius 3 is 2.59 bits per heavy atom. The predicted octanol–water partition coefficient (Wildman–Crippen LogP) is 2.56. The van der Waals surface area contributed by atoms with Gasteiger partial charge in [0.05, 0.1) is 11.1 Å². The van der Waals surface area contributed by atoms with E-state index in [2.05, 4.69) is 15.6 Å². The second kappa shape index (κ2) is 8.26. The van der Waals surface area contributed by atoms with Crippen LogP contribution in [0.1, 0.15) is 20.8 Å². The van der Waals surface area contributed by atoms with E-state index >= 15 is 0 Å². The topological polar surface area (TPSA) is 119 Å². The second-order valence-corrected chi connectivity index (χ2v) is 9.11. The highest BCUT2D eigenvalue weighted by Gasteiger charge is 2.19. The third kappa shape index (κ3) is 4.96. The highest BCUT2D eigenvalue weighted by atomic mass is 32.2. The molecule has 10 heteroatoms. The number of hydrogen-bond donors (Lipinski definition) is 3. The fourth-order valence-electron chi connectivity index (χ4n) is 2.58. The number of carbonyl (C=O) groups excluding carboxylic acids is 2. The molecule has 0 saturated heterocycles. The highest BCUT2D eigenvalue weighted by molar-refractivity contribution is 7.99. The zero-order chi connectivity index (χ0) is 21.2. The standard InChI is InChI=1S/C19H21N5O3S2/c1-19(2,3)23-17(27)21-13(25)10-29-18-22-15-14(16(26)24(18)20)12(9-28-15)11-7-5-4-6-8-11/h4-9H,10,20H2,1-3H3,(H2,21,23,25,27). The molecular weight excluding hydrogens is 410 g/mol. The summed E-state index contributed by atoms with van der Waals surface area (Å²) >= 11 is 2.33. The van der Waals surface area contributed by atoms with Crippen LogP contribution in [0.15, 0.2) is 45.7 Å². The van der Waals surface area contributed by atoms with E-state index in [1.807, 2.05) is 56.5 Å². The van der Waals surface area contributed by atoms with Crippen LogP contribution in [0.4, 0.5) is 4.79 Å². The van der Waals surface area contributed by atoms with Gasteiger partial charge < -0.3 is 11.2 Å². The average Bonchev–Trinajstić information content (AvgIpc) is 3.06. The van der Waals surface area contributed by atoms with Crippen LogP contribution in [-0.2, 0) is 4.79 Å². The minimum absolute atomic E-state index is 0.108. The Morgan fingerprint density at radius 1 is 1.24 bits per heavy atom. The number of imide groups is 1. The summed E-state index contributed by atoms with van der Waals surface area (Å²) in [7, 11) is 0. The number of nitrogen functional groups attached to an aromatic ring is 1. The maximum atomic E-state index is 12.8. The molecule has 0 atom stereocenters. The molecule has 1 aromatic carbocycles. The van der Waals surface area contributed by atoms with Gasteiger partial charge in [-0.25, -0.2) is 14.5 Å². The van der Waals surface area contributed by atoms with Crippen molar-refractivity contribution in [2.75, 3.05) is 11.6 Å². The molecule has 0 aliphatic rings. The summed E-state index contributed by atoms with van der Waals surface area (Å²) in [5, 5.41) is 7.40. The van der Waals surface area contributed by atoms with Crippen LogP contribution in [0.2, 0.25) is 0 Å². The summed E-state index contributed by atoms with van der Waals surface area (Å²) in [5.74, 6) is 5.32. The number of benzene rings is 1. The number of aromatic nitrogens is 2. The van der Waals surface area contributed by atoms with Crippen molar-refractivity contribution in [1.82, 2.24) is 20.3 Å². The van der Waals surface area contributed by atoms with E-state index in [1.54, 1.807) is 0 Å². The average molecular weight is 432 g/mol. The lowest BCUT2D eigenvalue weighted by atomic mass is 10.1. The molecule has 152 valence electrons. The lowest BCUT2D eigenvalue weighted by Crippen LogP contribution is -2.48. The van der Waals surface area contributed by atoms with Gasteiger partial charge >= 0.3 is 6.03 Å². The molecule has 0 bridgehead atoms. The van der Waals surface area contributed by atoms with Crippen LogP contribution in [0.5, 0.6) is 0 Å². The van der Waals surface area contributed by atoms with Gasteiger partial charge in [-0.05, 0) is 26.3 Å². The van der Waals surface area contributed by atoms with E-state index in [9.17, 15) is 14.4 Å². The fraction of sp³-hybridized carbons (Fsp3) is 0.263. The monoisotopic (exact) mass is 431 g/mol. The molecule has 0 saturated carbocycles. The zero-order valence-corrected chi connectivity index (χ0v) is 17.8. The molecular formula is C19H21N5O3S2. The van der Waals surface area contributed by atoms with Gasteiger partial charge in [0.25, 0.3) is 5.56 Å². The van der Waals surface area contributed by atoms with Crippen molar-refractivity contribution in [2.45, 2.75) is 31.5 Å². The molecule has 3 aromatic rings. The molecule has 4 N–H and O–H groups in total. The number of nitrogens with zero attached hydrogens (tertiary/aromatic N) is 2. The van der Waals surface area contributed by atoms with Gasteiger partial charge in [-0.15, -0.1) is 11.3 Å². The molecule has 0 unspecified atom stereocenters. The van der Waals surface area contributed by atoms with Gasteiger partial charge in [0.15, 0.2) is 5.16 Å². The van der Waals surface area contributed by atoms with Gasteiger partial charge in [0.2, 0.25) is 5.91 Å². The van der Waals surface area contributed by atoms with Crippen LogP contribution in [0, 0.1) is 0 Å². The number of nitrogens with one attached hydrogen (secondary N) is 2. The van der Waals surface area contributed by atoms with Gasteiger partial charge in [0.1, 0.15) is 4.83 Å². The fourth-order valence-corrected chi connectivity index (χ4v) is 4.29. The Balaban J connectivity index is 1.78. The molecule has 0 fully saturated rings. The van der Waals surface area contributed by atoms with Crippen LogP contribution in [-0.4, -0.2) is 32.9 Å². The van der Waals surface area contributed by atoms with Gasteiger partial charge in [-0.3, -0.25) is 14.9 Å². The number of thioether (sulfide) groups is 1. The Kier molecular flexibility index (Phi) is 5.94. The number of urea groups is 1. The number of amides is 3. The Bertz CT molecular complexity index is 1120. The van der Waals surface area contributed by atoms with Gasteiger partial charge in [-0.1, -0.05) is 42.1 Å². The maximum absolute atomic E-state index is 12.8. The van der Waals surface area contributed by atoms with Crippen molar-refractivity contribution in [3.63, 3.8) is 0 Å². The van der Waals surface area contributed by atoms with Crippen molar-refractivity contribution in [1.29, 1.82) is 0 Å². The minimum Gasteiger partial charge on any atom is -0.334 e. The largest absolute Gasteiger partial charge is 0.334 e. The first-order chi connectivity index (χ1) is 13.7. The molecule has 2 aromatic heterocycles. The second-order valence-electron chi connectivity index (χ2n) is 7.31. The first-order valence-corrected chi connectivity index (χ1v) is 10.6. The normalized spacial score (nSPS) is 11.4. The zero-order valence-electron chi connectivity index (χ0n) is 16.2. The summed E-state index contributed by atoms with van der Waals surface area (Å²) in [6.45, 7) is 5.42. The van der Waals surface area contributed by atoms with Crippen LogP contribution in [0.25, 0.3) is 21.3 Å². The summed E-state index contributed by atoms with van der Waals surface area (Å²) in [6.07, 6.45) is 0. The molecule has 29 heavy (non-hydrogen) atoms. The molecule has 0 aliphatic heterocycles. The van der Waals surface area contributed by atoms with E-state index < -0.39 is 17.5 Å². The summed E-state index contributed by atoms with van der Waals surface area (Å²) < 4.78 is 0.939. The number of fused-ring (bicyclic) bond motifs is 1. The quantitative estimate of drug-likeness (QED) is 0.332. The van der Waals surface area contributed by atoms with Crippen molar-refractivity contribution in [3.8, 4) is 11.1 Å². The molecule has 0 aliphatic carbocycles. The van der Waals surface area contributed by atoms with Crippen molar-refractivity contribution >= 4 is 45.3 Å². The van der Waals surface area contributed by atoms with E-state index in [0.717, 1.165) is 27.6 Å².